The van der Waals surface area contributed by atoms with Gasteiger partial charge in [-0.25, -0.2) is 0 Å². The van der Waals surface area contributed by atoms with E-state index in [-0.39, 0.29) is 0 Å². The molecule has 0 aliphatic rings. The maximum absolute atomic E-state index is 5.79. The normalized spacial score (nSPS) is 13.0. The number of hydrogen-bond acceptors (Lipinski definition) is 2. The van der Waals surface area contributed by atoms with Gasteiger partial charge >= 0.3 is 0 Å². The molecule has 1 rings (SSSR count). The molecule has 3 heteroatoms. The molecular formula is C8H9ClS2. The number of rotatable bonds is 2. The van der Waals surface area contributed by atoms with E-state index in [2.05, 4.69) is 12.6 Å². The molecule has 0 heterocycles. The van der Waals surface area contributed by atoms with Gasteiger partial charge in [-0.05, 0) is 25.1 Å². The fraction of sp³-hybridized carbons (Fsp3) is 0.250. The minimum absolute atomic E-state index is 0.313. The Labute approximate surface area is 81.7 Å². The SMILES string of the molecule is CC(S)Sc1cccc(Cl)c1. The molecule has 0 saturated heterocycles. The molecular weight excluding hydrogens is 196 g/mol. The van der Waals surface area contributed by atoms with Gasteiger partial charge in [-0.1, -0.05) is 17.7 Å². The molecule has 11 heavy (non-hydrogen) atoms. The zero-order chi connectivity index (χ0) is 8.27. The van der Waals surface area contributed by atoms with Gasteiger partial charge in [-0.3, -0.25) is 0 Å². The Morgan fingerprint density at radius 1 is 1.55 bits per heavy atom. The van der Waals surface area contributed by atoms with Crippen molar-refractivity contribution in [3.05, 3.63) is 29.3 Å². The summed E-state index contributed by atoms with van der Waals surface area (Å²) in [6.45, 7) is 2.04. The van der Waals surface area contributed by atoms with Crippen LogP contribution in [0.15, 0.2) is 29.2 Å². The van der Waals surface area contributed by atoms with Crippen LogP contribution < -0.4 is 0 Å². The van der Waals surface area contributed by atoms with E-state index in [0.29, 0.717) is 4.58 Å². The topological polar surface area (TPSA) is 0 Å². The molecule has 0 amide bonds. The summed E-state index contributed by atoms with van der Waals surface area (Å²) in [6, 6.07) is 7.79. The van der Waals surface area contributed by atoms with E-state index >= 15 is 0 Å². The second-order valence-electron chi connectivity index (χ2n) is 2.17. The van der Waals surface area contributed by atoms with Crippen LogP contribution in [0.4, 0.5) is 0 Å². The fourth-order valence-corrected chi connectivity index (χ4v) is 2.10. The smallest absolute Gasteiger partial charge is 0.0491 e. The number of hydrogen-bond donors (Lipinski definition) is 1. The molecule has 1 aromatic carbocycles. The minimum Gasteiger partial charge on any atom is -0.165 e. The Morgan fingerprint density at radius 3 is 2.82 bits per heavy atom. The molecule has 0 radical (unpaired) electrons. The van der Waals surface area contributed by atoms with Crippen molar-refractivity contribution in [2.45, 2.75) is 16.4 Å². The number of benzene rings is 1. The van der Waals surface area contributed by atoms with E-state index in [1.807, 2.05) is 31.2 Å². The molecule has 60 valence electrons. The van der Waals surface area contributed by atoms with Gasteiger partial charge in [-0.2, -0.15) is 12.6 Å². The van der Waals surface area contributed by atoms with Gasteiger partial charge < -0.3 is 0 Å². The summed E-state index contributed by atoms with van der Waals surface area (Å²) in [5, 5.41) is 0.781. The monoisotopic (exact) mass is 204 g/mol. The van der Waals surface area contributed by atoms with E-state index in [1.165, 1.54) is 4.90 Å². The van der Waals surface area contributed by atoms with Crippen molar-refractivity contribution in [1.82, 2.24) is 0 Å². The molecule has 0 spiro atoms. The van der Waals surface area contributed by atoms with E-state index in [4.69, 9.17) is 11.6 Å². The van der Waals surface area contributed by atoms with Gasteiger partial charge in [0.2, 0.25) is 0 Å². The minimum atomic E-state index is 0.313. The molecule has 1 atom stereocenters. The predicted molar refractivity (Wildman–Crippen MR) is 55.8 cm³/mol. The summed E-state index contributed by atoms with van der Waals surface area (Å²) in [5.41, 5.74) is 0. The lowest BCUT2D eigenvalue weighted by molar-refractivity contribution is 1.39. The average Bonchev–Trinajstić information content (AvgIpc) is 1.85. The molecule has 1 aromatic rings. The molecule has 0 aliphatic heterocycles. The Morgan fingerprint density at radius 2 is 2.27 bits per heavy atom. The predicted octanol–water partition coefficient (Wildman–Crippen LogP) is 3.71. The molecule has 0 saturated carbocycles. The standard InChI is InChI=1S/C8H9ClS2/c1-6(10)11-8-4-2-3-7(9)5-8/h2-6,10H,1H3. The van der Waals surface area contributed by atoms with Crippen LogP contribution in [-0.2, 0) is 0 Å². The molecule has 0 aromatic heterocycles. The van der Waals surface area contributed by atoms with Crippen molar-refractivity contribution < 1.29 is 0 Å². The van der Waals surface area contributed by atoms with Gasteiger partial charge in [-0.15, -0.1) is 11.8 Å². The third-order valence-electron chi connectivity index (χ3n) is 1.10. The Balaban J connectivity index is 2.71. The first-order valence-electron chi connectivity index (χ1n) is 3.29. The summed E-state index contributed by atoms with van der Waals surface area (Å²) >= 11 is 11.7. The van der Waals surface area contributed by atoms with Crippen LogP contribution in [0.2, 0.25) is 5.02 Å². The molecule has 0 aliphatic carbocycles. The maximum atomic E-state index is 5.79. The highest BCUT2D eigenvalue weighted by atomic mass is 35.5. The lowest BCUT2D eigenvalue weighted by Gasteiger charge is -2.03. The first-order chi connectivity index (χ1) is 5.18. The molecule has 0 bridgehead atoms. The lowest BCUT2D eigenvalue weighted by Crippen LogP contribution is -1.80. The Bertz CT molecular complexity index is 235. The van der Waals surface area contributed by atoms with Crippen molar-refractivity contribution in [2.24, 2.45) is 0 Å². The van der Waals surface area contributed by atoms with Gasteiger partial charge in [0.05, 0.1) is 0 Å². The highest BCUT2D eigenvalue weighted by molar-refractivity contribution is 8.10. The number of halogens is 1. The van der Waals surface area contributed by atoms with E-state index in [0.717, 1.165) is 5.02 Å². The zero-order valence-electron chi connectivity index (χ0n) is 6.12. The third kappa shape index (κ3) is 3.41. The summed E-state index contributed by atoms with van der Waals surface area (Å²) in [5.74, 6) is 0. The van der Waals surface area contributed by atoms with Crippen molar-refractivity contribution in [1.29, 1.82) is 0 Å². The van der Waals surface area contributed by atoms with Gasteiger partial charge in [0.1, 0.15) is 0 Å². The first-order valence-corrected chi connectivity index (χ1v) is 5.06. The summed E-state index contributed by atoms with van der Waals surface area (Å²) in [7, 11) is 0. The fourth-order valence-electron chi connectivity index (χ4n) is 0.737. The zero-order valence-corrected chi connectivity index (χ0v) is 8.59. The second-order valence-corrected chi connectivity index (χ2v) is 5.15. The molecule has 0 N–H and O–H groups in total. The molecule has 1 unspecified atom stereocenters. The van der Waals surface area contributed by atoms with Crippen LogP contribution >= 0.6 is 36.0 Å². The first kappa shape index (κ1) is 9.30. The van der Waals surface area contributed by atoms with Crippen LogP contribution in [0.1, 0.15) is 6.92 Å². The van der Waals surface area contributed by atoms with Crippen LogP contribution in [0.5, 0.6) is 0 Å². The maximum Gasteiger partial charge on any atom is 0.0491 e. The van der Waals surface area contributed by atoms with Crippen molar-refractivity contribution in [3.63, 3.8) is 0 Å². The number of thioether (sulfide) groups is 1. The van der Waals surface area contributed by atoms with Crippen LogP contribution in [-0.4, -0.2) is 4.58 Å². The highest BCUT2D eigenvalue weighted by Gasteiger charge is 1.97. The molecule has 0 fully saturated rings. The lowest BCUT2D eigenvalue weighted by atomic mass is 10.4. The van der Waals surface area contributed by atoms with Crippen LogP contribution in [0, 0.1) is 0 Å². The van der Waals surface area contributed by atoms with Crippen LogP contribution in [0.3, 0.4) is 0 Å². The second kappa shape index (κ2) is 4.29. The largest absolute Gasteiger partial charge is 0.165 e. The number of thiol groups is 1. The Hall–Kier alpha value is 0.210. The van der Waals surface area contributed by atoms with E-state index < -0.39 is 0 Å². The third-order valence-corrected chi connectivity index (χ3v) is 2.52. The average molecular weight is 205 g/mol. The Kier molecular flexibility index (Phi) is 3.63. The van der Waals surface area contributed by atoms with E-state index in [1.54, 1.807) is 11.8 Å². The van der Waals surface area contributed by atoms with Gasteiger partial charge in [0.15, 0.2) is 0 Å². The quantitative estimate of drug-likeness (QED) is 0.436. The van der Waals surface area contributed by atoms with Crippen molar-refractivity contribution >= 4 is 36.0 Å². The van der Waals surface area contributed by atoms with Crippen molar-refractivity contribution in [2.75, 3.05) is 0 Å². The summed E-state index contributed by atoms with van der Waals surface area (Å²) < 4.78 is 0.313. The van der Waals surface area contributed by atoms with Crippen molar-refractivity contribution in [3.8, 4) is 0 Å². The molecule has 0 nitrogen and oxygen atoms in total. The van der Waals surface area contributed by atoms with E-state index in [9.17, 15) is 0 Å². The van der Waals surface area contributed by atoms with Gasteiger partial charge in [0, 0.05) is 14.5 Å². The van der Waals surface area contributed by atoms with Crippen LogP contribution in [0.25, 0.3) is 0 Å². The summed E-state index contributed by atoms with van der Waals surface area (Å²) in [4.78, 5) is 1.17. The summed E-state index contributed by atoms with van der Waals surface area (Å²) in [6.07, 6.45) is 0. The highest BCUT2D eigenvalue weighted by Crippen LogP contribution is 2.26. The van der Waals surface area contributed by atoms with Gasteiger partial charge in [0.25, 0.3) is 0 Å².